The molecule has 2 aromatic carbocycles. The van der Waals surface area contributed by atoms with Crippen molar-refractivity contribution in [2.45, 2.75) is 81.1 Å². The summed E-state index contributed by atoms with van der Waals surface area (Å²) in [5.41, 5.74) is 9.20. The van der Waals surface area contributed by atoms with Gasteiger partial charge < -0.3 is 15.9 Å². The molecular formula is C25H35NO2S. The molecule has 1 heterocycles. The second-order valence-corrected chi connectivity index (χ2v) is 9.69. The first kappa shape index (κ1) is 22.0. The second kappa shape index (κ2) is 9.90. The Morgan fingerprint density at radius 2 is 1.66 bits per heavy atom. The van der Waals surface area contributed by atoms with E-state index in [4.69, 9.17) is 5.73 Å². The van der Waals surface area contributed by atoms with Crippen LogP contribution in [0.4, 0.5) is 0 Å². The van der Waals surface area contributed by atoms with Crippen LogP contribution in [0.3, 0.4) is 0 Å². The number of hydrogen-bond donors (Lipinski definition) is 3. The van der Waals surface area contributed by atoms with Gasteiger partial charge in [-0.05, 0) is 41.8 Å². The highest BCUT2D eigenvalue weighted by Gasteiger charge is 2.44. The summed E-state index contributed by atoms with van der Waals surface area (Å²) in [5.74, 6) is 1.69. The molecule has 2 aromatic rings. The zero-order chi connectivity index (χ0) is 20.9. The minimum atomic E-state index is -0.121. The fraction of sp³-hybridized carbons (Fsp3) is 0.520. The summed E-state index contributed by atoms with van der Waals surface area (Å²) < 4.78 is 0. The van der Waals surface area contributed by atoms with Crippen molar-refractivity contribution in [2.75, 3.05) is 5.75 Å². The maximum atomic E-state index is 9.96. The van der Waals surface area contributed by atoms with Crippen LogP contribution in [0.1, 0.15) is 75.8 Å². The van der Waals surface area contributed by atoms with Crippen LogP contribution >= 0.6 is 11.8 Å². The Hall–Kier alpha value is -1.65. The van der Waals surface area contributed by atoms with Gasteiger partial charge in [0, 0.05) is 28.0 Å². The quantitative estimate of drug-likeness (QED) is 0.421. The maximum Gasteiger partial charge on any atom is 0.116 e. The van der Waals surface area contributed by atoms with Crippen molar-refractivity contribution < 1.29 is 10.2 Å². The fourth-order valence-electron chi connectivity index (χ4n) is 4.70. The smallest absolute Gasteiger partial charge is 0.116 e. The van der Waals surface area contributed by atoms with E-state index in [2.05, 4.69) is 19.9 Å². The highest BCUT2D eigenvalue weighted by molar-refractivity contribution is 7.99. The van der Waals surface area contributed by atoms with Crippen molar-refractivity contribution in [3.05, 3.63) is 53.6 Å². The van der Waals surface area contributed by atoms with E-state index in [1.807, 2.05) is 18.2 Å². The standard InChI is InChI=1S/C25H35NO2S/c1-3-4-5-6-7-8-9-22(26)24-21-15-14-20(28)16-23(21)29-17-25(24,2)18-10-12-19(27)13-11-18/h10-16,22,24,27-28H,3-9,17,26H2,1-2H3. The highest BCUT2D eigenvalue weighted by atomic mass is 32.2. The number of thioether (sulfide) groups is 1. The van der Waals surface area contributed by atoms with Gasteiger partial charge >= 0.3 is 0 Å². The average molecular weight is 414 g/mol. The van der Waals surface area contributed by atoms with E-state index in [1.54, 1.807) is 30.0 Å². The van der Waals surface area contributed by atoms with Gasteiger partial charge in [0.05, 0.1) is 0 Å². The van der Waals surface area contributed by atoms with Crippen LogP contribution in [-0.2, 0) is 5.41 Å². The molecule has 0 aliphatic carbocycles. The molecule has 3 unspecified atom stereocenters. The fourth-order valence-corrected chi connectivity index (χ4v) is 6.07. The van der Waals surface area contributed by atoms with Gasteiger partial charge in [0.25, 0.3) is 0 Å². The number of unbranched alkanes of at least 4 members (excludes halogenated alkanes) is 5. The van der Waals surface area contributed by atoms with Crippen LogP contribution in [0.15, 0.2) is 47.4 Å². The number of phenols is 2. The molecule has 0 spiro atoms. The molecule has 1 aliphatic heterocycles. The summed E-state index contributed by atoms with van der Waals surface area (Å²) in [7, 11) is 0. The Bertz CT molecular complexity index is 792. The van der Waals surface area contributed by atoms with E-state index in [-0.39, 0.29) is 17.4 Å². The lowest BCUT2D eigenvalue weighted by molar-refractivity contribution is 0.331. The predicted molar refractivity (Wildman–Crippen MR) is 123 cm³/mol. The second-order valence-electron chi connectivity index (χ2n) is 8.67. The molecule has 0 bridgehead atoms. The lowest BCUT2D eigenvalue weighted by Gasteiger charge is -2.45. The van der Waals surface area contributed by atoms with E-state index >= 15 is 0 Å². The monoisotopic (exact) mass is 413 g/mol. The number of benzene rings is 2. The first-order valence-electron chi connectivity index (χ1n) is 11.0. The molecule has 4 N–H and O–H groups in total. The number of nitrogens with two attached hydrogens (primary N) is 1. The Labute approximate surface area is 179 Å². The molecule has 158 valence electrons. The van der Waals surface area contributed by atoms with Gasteiger partial charge in [0.2, 0.25) is 0 Å². The highest BCUT2D eigenvalue weighted by Crippen LogP contribution is 2.52. The van der Waals surface area contributed by atoms with Gasteiger partial charge in [-0.2, -0.15) is 0 Å². The number of aromatic hydroxyl groups is 2. The normalized spacial score (nSPS) is 22.2. The van der Waals surface area contributed by atoms with Crippen molar-refractivity contribution in [3.8, 4) is 11.5 Å². The van der Waals surface area contributed by atoms with Crippen molar-refractivity contribution in [1.29, 1.82) is 0 Å². The summed E-state index contributed by atoms with van der Waals surface area (Å²) in [5, 5.41) is 19.7. The lowest BCUT2D eigenvalue weighted by atomic mass is 9.66. The maximum absolute atomic E-state index is 9.96. The molecule has 0 fully saturated rings. The molecule has 0 amide bonds. The number of fused-ring (bicyclic) bond motifs is 1. The lowest BCUT2D eigenvalue weighted by Crippen LogP contribution is -2.45. The number of rotatable bonds is 9. The molecule has 4 heteroatoms. The Kier molecular flexibility index (Phi) is 7.53. The van der Waals surface area contributed by atoms with Crippen LogP contribution in [0.5, 0.6) is 11.5 Å². The summed E-state index contributed by atoms with van der Waals surface area (Å²) in [6.45, 7) is 4.55. The average Bonchev–Trinajstić information content (AvgIpc) is 2.71. The van der Waals surface area contributed by atoms with Gasteiger partial charge in [-0.15, -0.1) is 11.8 Å². The predicted octanol–water partition coefficient (Wildman–Crippen LogP) is 6.32. The largest absolute Gasteiger partial charge is 0.508 e. The molecule has 29 heavy (non-hydrogen) atoms. The third-order valence-corrected chi connectivity index (χ3v) is 7.80. The van der Waals surface area contributed by atoms with E-state index in [0.29, 0.717) is 11.5 Å². The molecule has 0 radical (unpaired) electrons. The van der Waals surface area contributed by atoms with Crippen molar-refractivity contribution in [1.82, 2.24) is 0 Å². The van der Waals surface area contributed by atoms with Gasteiger partial charge in [-0.25, -0.2) is 0 Å². The van der Waals surface area contributed by atoms with Crippen molar-refractivity contribution in [3.63, 3.8) is 0 Å². The first-order chi connectivity index (χ1) is 14.0. The Morgan fingerprint density at radius 3 is 2.38 bits per heavy atom. The van der Waals surface area contributed by atoms with Crippen LogP contribution in [-0.4, -0.2) is 22.0 Å². The van der Waals surface area contributed by atoms with E-state index in [1.165, 1.54) is 43.2 Å². The van der Waals surface area contributed by atoms with Crippen LogP contribution in [0.2, 0.25) is 0 Å². The number of hydrogen-bond acceptors (Lipinski definition) is 4. The molecule has 0 aromatic heterocycles. The molecule has 1 aliphatic rings. The first-order valence-corrected chi connectivity index (χ1v) is 11.9. The summed E-state index contributed by atoms with van der Waals surface area (Å²) in [4.78, 5) is 1.14. The zero-order valence-electron chi connectivity index (χ0n) is 17.7. The van der Waals surface area contributed by atoms with E-state index in [9.17, 15) is 10.2 Å². The Morgan fingerprint density at radius 1 is 1.00 bits per heavy atom. The summed E-state index contributed by atoms with van der Waals surface area (Å²) >= 11 is 1.79. The zero-order valence-corrected chi connectivity index (χ0v) is 18.5. The topological polar surface area (TPSA) is 66.5 Å². The molecule has 3 atom stereocenters. The minimum absolute atomic E-state index is 0.0594. The minimum Gasteiger partial charge on any atom is -0.508 e. The van der Waals surface area contributed by atoms with Crippen LogP contribution in [0.25, 0.3) is 0 Å². The SMILES string of the molecule is CCCCCCCCC(N)C1c2ccc(O)cc2SCC1(C)c1ccc(O)cc1. The van der Waals surface area contributed by atoms with Crippen LogP contribution < -0.4 is 5.73 Å². The van der Waals surface area contributed by atoms with E-state index < -0.39 is 0 Å². The molecule has 0 saturated heterocycles. The van der Waals surface area contributed by atoms with Crippen molar-refractivity contribution >= 4 is 11.8 Å². The summed E-state index contributed by atoms with van der Waals surface area (Å²) in [6.07, 6.45) is 8.62. The third-order valence-electron chi connectivity index (χ3n) is 6.39. The number of phenolic OH excluding ortho intramolecular Hbond substituents is 2. The van der Waals surface area contributed by atoms with Gasteiger partial charge in [-0.3, -0.25) is 0 Å². The van der Waals surface area contributed by atoms with E-state index in [0.717, 1.165) is 23.5 Å². The van der Waals surface area contributed by atoms with Gasteiger partial charge in [0.1, 0.15) is 11.5 Å². The molecule has 3 rings (SSSR count). The molecular weight excluding hydrogens is 378 g/mol. The van der Waals surface area contributed by atoms with Gasteiger partial charge in [0.15, 0.2) is 0 Å². The van der Waals surface area contributed by atoms with Crippen LogP contribution in [0, 0.1) is 0 Å². The molecule has 0 saturated carbocycles. The van der Waals surface area contributed by atoms with Gasteiger partial charge in [-0.1, -0.05) is 70.6 Å². The molecule has 3 nitrogen and oxygen atoms in total. The third kappa shape index (κ3) is 5.10. The van der Waals surface area contributed by atoms with Crippen molar-refractivity contribution in [2.24, 2.45) is 5.73 Å². The summed E-state index contributed by atoms with van der Waals surface area (Å²) in [6, 6.07) is 13.4. The Balaban J connectivity index is 1.84.